The zero-order valence-corrected chi connectivity index (χ0v) is 10.5. The SMILES string of the molecule is CC(C)C(C)(NC(=O)C1COCC1N)C(N)=O. The zero-order chi connectivity index (χ0) is 13.2. The Hall–Kier alpha value is -1.14. The highest BCUT2D eigenvalue weighted by molar-refractivity contribution is 5.91. The second-order valence-corrected chi connectivity index (χ2v) is 5.02. The summed E-state index contributed by atoms with van der Waals surface area (Å²) in [5.74, 6) is -1.33. The fourth-order valence-electron chi connectivity index (χ4n) is 1.68. The number of carbonyl (C=O) groups excluding carboxylic acids is 2. The van der Waals surface area contributed by atoms with Crippen LogP contribution in [0.25, 0.3) is 0 Å². The summed E-state index contributed by atoms with van der Waals surface area (Å²) in [4.78, 5) is 23.4. The highest BCUT2D eigenvalue weighted by atomic mass is 16.5. The summed E-state index contributed by atoms with van der Waals surface area (Å²) in [5.41, 5.74) is 10.0. The van der Waals surface area contributed by atoms with Gasteiger partial charge in [-0.15, -0.1) is 0 Å². The molecule has 17 heavy (non-hydrogen) atoms. The molecule has 0 radical (unpaired) electrons. The first-order chi connectivity index (χ1) is 7.79. The molecule has 0 aromatic heterocycles. The average Bonchev–Trinajstić information content (AvgIpc) is 2.63. The zero-order valence-electron chi connectivity index (χ0n) is 10.5. The van der Waals surface area contributed by atoms with Crippen molar-refractivity contribution in [2.24, 2.45) is 23.3 Å². The molecule has 1 saturated heterocycles. The summed E-state index contributed by atoms with van der Waals surface area (Å²) >= 11 is 0. The first-order valence-corrected chi connectivity index (χ1v) is 5.74. The van der Waals surface area contributed by atoms with Gasteiger partial charge in [0.25, 0.3) is 0 Å². The van der Waals surface area contributed by atoms with Crippen molar-refractivity contribution in [3.05, 3.63) is 0 Å². The van der Waals surface area contributed by atoms with Crippen LogP contribution >= 0.6 is 0 Å². The second-order valence-electron chi connectivity index (χ2n) is 5.02. The molecule has 0 spiro atoms. The molecular formula is C11H21N3O3. The minimum Gasteiger partial charge on any atom is -0.379 e. The number of hydrogen-bond donors (Lipinski definition) is 3. The Bertz CT molecular complexity index is 319. The first-order valence-electron chi connectivity index (χ1n) is 5.74. The van der Waals surface area contributed by atoms with Gasteiger partial charge < -0.3 is 21.5 Å². The van der Waals surface area contributed by atoms with Crippen LogP contribution in [0.15, 0.2) is 0 Å². The van der Waals surface area contributed by atoms with Crippen LogP contribution in [0.5, 0.6) is 0 Å². The molecule has 1 aliphatic heterocycles. The van der Waals surface area contributed by atoms with E-state index in [4.69, 9.17) is 16.2 Å². The maximum Gasteiger partial charge on any atom is 0.243 e. The number of nitrogens with one attached hydrogen (secondary N) is 1. The van der Waals surface area contributed by atoms with E-state index in [0.717, 1.165) is 0 Å². The van der Waals surface area contributed by atoms with Crippen LogP contribution in [0.4, 0.5) is 0 Å². The molecule has 2 amide bonds. The topological polar surface area (TPSA) is 107 Å². The molecular weight excluding hydrogens is 222 g/mol. The lowest BCUT2D eigenvalue weighted by Gasteiger charge is -2.32. The molecule has 0 bridgehead atoms. The van der Waals surface area contributed by atoms with Crippen LogP contribution in [0.1, 0.15) is 20.8 Å². The number of nitrogens with two attached hydrogens (primary N) is 2. The van der Waals surface area contributed by atoms with Gasteiger partial charge in [0.05, 0.1) is 19.1 Å². The van der Waals surface area contributed by atoms with Crippen LogP contribution in [-0.4, -0.2) is 36.6 Å². The third-order valence-corrected chi connectivity index (χ3v) is 3.51. The molecule has 5 N–H and O–H groups in total. The van der Waals surface area contributed by atoms with Crippen molar-refractivity contribution in [2.45, 2.75) is 32.4 Å². The fraction of sp³-hybridized carbons (Fsp3) is 0.818. The Morgan fingerprint density at radius 3 is 2.35 bits per heavy atom. The number of hydrogen-bond acceptors (Lipinski definition) is 4. The highest BCUT2D eigenvalue weighted by Gasteiger charge is 2.40. The first kappa shape index (κ1) is 13.9. The quantitative estimate of drug-likeness (QED) is 0.587. The predicted octanol–water partition coefficient (Wildman–Crippen LogP) is -1.02. The standard InChI is InChI=1S/C11H21N3O3/c1-6(2)11(3,10(13)16)14-9(15)7-4-17-5-8(7)12/h6-8H,4-5,12H2,1-3H3,(H2,13,16)(H,14,15). The van der Waals surface area contributed by atoms with E-state index in [1.807, 2.05) is 13.8 Å². The van der Waals surface area contributed by atoms with Crippen LogP contribution in [0, 0.1) is 11.8 Å². The molecule has 3 atom stereocenters. The van der Waals surface area contributed by atoms with Gasteiger partial charge in [-0.3, -0.25) is 9.59 Å². The molecule has 0 aromatic carbocycles. The van der Waals surface area contributed by atoms with E-state index in [9.17, 15) is 9.59 Å². The van der Waals surface area contributed by atoms with Gasteiger partial charge in [0, 0.05) is 6.04 Å². The summed E-state index contributed by atoms with van der Waals surface area (Å²) in [6.07, 6.45) is 0. The third-order valence-electron chi connectivity index (χ3n) is 3.51. The van der Waals surface area contributed by atoms with E-state index in [1.165, 1.54) is 0 Å². The van der Waals surface area contributed by atoms with Crippen molar-refractivity contribution in [1.82, 2.24) is 5.32 Å². The molecule has 1 rings (SSSR count). The lowest BCUT2D eigenvalue weighted by molar-refractivity contribution is -0.135. The Kier molecular flexibility index (Phi) is 4.11. The summed E-state index contributed by atoms with van der Waals surface area (Å²) in [6, 6.07) is -0.320. The number of carbonyl (C=O) groups is 2. The largest absolute Gasteiger partial charge is 0.379 e. The molecule has 3 unspecified atom stereocenters. The number of ether oxygens (including phenoxy) is 1. The molecule has 0 aromatic rings. The van der Waals surface area contributed by atoms with Crippen molar-refractivity contribution in [3.8, 4) is 0 Å². The molecule has 1 fully saturated rings. The maximum atomic E-state index is 12.0. The van der Waals surface area contributed by atoms with Gasteiger partial charge in [-0.05, 0) is 12.8 Å². The summed E-state index contributed by atoms with van der Waals surface area (Å²) in [7, 11) is 0. The van der Waals surface area contributed by atoms with Gasteiger partial charge in [-0.25, -0.2) is 0 Å². The molecule has 1 heterocycles. The van der Waals surface area contributed by atoms with E-state index in [0.29, 0.717) is 13.2 Å². The van der Waals surface area contributed by atoms with Gasteiger partial charge in [0.2, 0.25) is 11.8 Å². The van der Waals surface area contributed by atoms with Gasteiger partial charge in [-0.2, -0.15) is 0 Å². The second kappa shape index (κ2) is 5.01. The lowest BCUT2D eigenvalue weighted by Crippen LogP contribution is -2.60. The highest BCUT2D eigenvalue weighted by Crippen LogP contribution is 2.19. The van der Waals surface area contributed by atoms with Crippen LogP contribution in [0.3, 0.4) is 0 Å². The lowest BCUT2D eigenvalue weighted by atomic mass is 9.86. The molecule has 6 heteroatoms. The van der Waals surface area contributed by atoms with E-state index < -0.39 is 17.4 Å². The average molecular weight is 243 g/mol. The molecule has 6 nitrogen and oxygen atoms in total. The normalized spacial score (nSPS) is 27.8. The van der Waals surface area contributed by atoms with E-state index in [2.05, 4.69) is 5.32 Å². The van der Waals surface area contributed by atoms with Crippen molar-refractivity contribution in [3.63, 3.8) is 0 Å². The summed E-state index contributed by atoms with van der Waals surface area (Å²) in [5, 5.41) is 2.69. The van der Waals surface area contributed by atoms with Gasteiger partial charge in [-0.1, -0.05) is 13.8 Å². The Labute approximate surface area is 101 Å². The number of amides is 2. The van der Waals surface area contributed by atoms with Crippen molar-refractivity contribution < 1.29 is 14.3 Å². The Morgan fingerprint density at radius 1 is 1.41 bits per heavy atom. The monoisotopic (exact) mass is 243 g/mol. The van der Waals surface area contributed by atoms with E-state index in [-0.39, 0.29) is 17.9 Å². The van der Waals surface area contributed by atoms with Crippen molar-refractivity contribution in [1.29, 1.82) is 0 Å². The maximum absolute atomic E-state index is 12.0. The van der Waals surface area contributed by atoms with E-state index >= 15 is 0 Å². The smallest absolute Gasteiger partial charge is 0.243 e. The number of rotatable bonds is 4. The van der Waals surface area contributed by atoms with Crippen molar-refractivity contribution in [2.75, 3.05) is 13.2 Å². The minimum atomic E-state index is -1.06. The summed E-state index contributed by atoms with van der Waals surface area (Å²) < 4.78 is 5.12. The van der Waals surface area contributed by atoms with Gasteiger partial charge >= 0.3 is 0 Å². The van der Waals surface area contributed by atoms with Crippen LogP contribution < -0.4 is 16.8 Å². The third kappa shape index (κ3) is 2.76. The fourth-order valence-corrected chi connectivity index (χ4v) is 1.68. The summed E-state index contributed by atoms with van der Waals surface area (Å²) in [6.45, 7) is 5.94. The molecule has 1 aliphatic rings. The Morgan fingerprint density at radius 2 is 2.00 bits per heavy atom. The predicted molar refractivity (Wildman–Crippen MR) is 62.9 cm³/mol. The van der Waals surface area contributed by atoms with Gasteiger partial charge in [0.1, 0.15) is 5.54 Å². The molecule has 0 aliphatic carbocycles. The minimum absolute atomic E-state index is 0.0949. The Balaban J connectivity index is 2.74. The van der Waals surface area contributed by atoms with Crippen molar-refractivity contribution >= 4 is 11.8 Å². The van der Waals surface area contributed by atoms with E-state index in [1.54, 1.807) is 6.92 Å². The van der Waals surface area contributed by atoms with Crippen LogP contribution in [0.2, 0.25) is 0 Å². The van der Waals surface area contributed by atoms with Gasteiger partial charge in [0.15, 0.2) is 0 Å². The van der Waals surface area contributed by atoms with Crippen LogP contribution in [-0.2, 0) is 14.3 Å². The molecule has 98 valence electrons. The number of primary amides is 1. The molecule has 0 saturated carbocycles.